The summed E-state index contributed by atoms with van der Waals surface area (Å²) in [5, 5.41) is 4.97. The molecule has 1 N–H and O–H groups in total. The van der Waals surface area contributed by atoms with E-state index in [-0.39, 0.29) is 0 Å². The Hall–Kier alpha value is -4.26. The van der Waals surface area contributed by atoms with Crippen molar-refractivity contribution in [2.24, 2.45) is 0 Å². The number of anilines is 2. The number of methoxy groups -OCH3 is 1. The maximum absolute atomic E-state index is 11.6. The molecule has 0 saturated carbocycles. The second kappa shape index (κ2) is 7.29. The molecule has 5 aromatic rings. The Morgan fingerprint density at radius 2 is 1.90 bits per heavy atom. The van der Waals surface area contributed by atoms with Crippen LogP contribution in [0.1, 0.15) is 0 Å². The molecule has 0 spiro atoms. The minimum Gasteiger partial charge on any atom is -0.497 e. The van der Waals surface area contributed by atoms with E-state index >= 15 is 0 Å². The molecule has 2 aromatic carbocycles. The van der Waals surface area contributed by atoms with Gasteiger partial charge in [-0.2, -0.15) is 0 Å². The monoisotopic (exact) mass is 396 g/mol. The molecule has 0 aliphatic carbocycles. The highest BCUT2D eigenvalue weighted by molar-refractivity contribution is 5.94. The van der Waals surface area contributed by atoms with Gasteiger partial charge in [0.05, 0.1) is 12.6 Å². The Balaban J connectivity index is 1.67. The molecule has 5 rings (SSSR count). The summed E-state index contributed by atoms with van der Waals surface area (Å²) in [6.45, 7) is 0. The third-order valence-corrected chi connectivity index (χ3v) is 4.71. The fourth-order valence-corrected chi connectivity index (χ4v) is 3.23. The van der Waals surface area contributed by atoms with Crippen LogP contribution in [0.15, 0.2) is 82.3 Å². The molecule has 0 saturated heterocycles. The van der Waals surface area contributed by atoms with Crippen molar-refractivity contribution < 1.29 is 9.15 Å². The highest BCUT2D eigenvalue weighted by Crippen LogP contribution is 2.30. The Bertz CT molecular complexity index is 1430. The number of rotatable bonds is 4. The molecule has 0 unspecified atom stereocenters. The first kappa shape index (κ1) is 17.8. The number of fused-ring (bicyclic) bond motifs is 2. The van der Waals surface area contributed by atoms with Gasteiger partial charge < -0.3 is 14.5 Å². The lowest BCUT2D eigenvalue weighted by molar-refractivity contribution is 0.415. The number of hydrogen-bond donors (Lipinski definition) is 1. The van der Waals surface area contributed by atoms with E-state index in [1.165, 1.54) is 6.07 Å². The second-order valence-electron chi connectivity index (χ2n) is 6.65. The molecule has 3 heterocycles. The first-order chi connectivity index (χ1) is 14.7. The zero-order valence-electron chi connectivity index (χ0n) is 16.0. The van der Waals surface area contributed by atoms with Crippen molar-refractivity contribution in [3.05, 3.63) is 83.5 Å². The second-order valence-corrected chi connectivity index (χ2v) is 6.65. The van der Waals surface area contributed by atoms with E-state index in [2.05, 4.69) is 15.3 Å². The summed E-state index contributed by atoms with van der Waals surface area (Å²) in [4.78, 5) is 25.1. The molecule has 30 heavy (non-hydrogen) atoms. The van der Waals surface area contributed by atoms with Crippen LogP contribution in [0.25, 0.3) is 33.3 Å². The maximum atomic E-state index is 11.6. The van der Waals surface area contributed by atoms with Gasteiger partial charge in [0.15, 0.2) is 5.82 Å². The van der Waals surface area contributed by atoms with Gasteiger partial charge in [0, 0.05) is 46.5 Å². The van der Waals surface area contributed by atoms with E-state index < -0.39 is 5.63 Å². The Labute approximate surface area is 171 Å². The summed E-state index contributed by atoms with van der Waals surface area (Å²) in [6, 6.07) is 18.1. The summed E-state index contributed by atoms with van der Waals surface area (Å²) in [6.07, 6.45) is 3.43. The van der Waals surface area contributed by atoms with E-state index in [1.807, 2.05) is 42.5 Å². The standard InChI is InChI=1S/C23H16N4O3/c1-29-17-7-8-19-18(12-17)23(27-22(26-19)15-3-2-10-24-13-15)25-16-6-4-14-5-9-21(28)30-20(14)11-16/h2-13H,1H3,(H,25,26,27). The molecule has 7 nitrogen and oxygen atoms in total. The van der Waals surface area contributed by atoms with Crippen LogP contribution in [0.2, 0.25) is 0 Å². The highest BCUT2D eigenvalue weighted by atomic mass is 16.5. The number of ether oxygens (including phenoxy) is 1. The largest absolute Gasteiger partial charge is 0.497 e. The van der Waals surface area contributed by atoms with E-state index in [4.69, 9.17) is 14.1 Å². The van der Waals surface area contributed by atoms with Gasteiger partial charge in [0.1, 0.15) is 17.2 Å². The highest BCUT2D eigenvalue weighted by Gasteiger charge is 2.12. The molecule has 0 bridgehead atoms. The van der Waals surface area contributed by atoms with Gasteiger partial charge in [-0.25, -0.2) is 14.8 Å². The predicted molar refractivity (Wildman–Crippen MR) is 115 cm³/mol. The molecule has 3 aromatic heterocycles. The van der Waals surface area contributed by atoms with Crippen molar-refractivity contribution in [3.63, 3.8) is 0 Å². The van der Waals surface area contributed by atoms with Crippen molar-refractivity contribution >= 4 is 33.4 Å². The van der Waals surface area contributed by atoms with E-state index in [0.29, 0.717) is 23.0 Å². The third-order valence-electron chi connectivity index (χ3n) is 4.71. The van der Waals surface area contributed by atoms with Crippen LogP contribution in [0, 0.1) is 0 Å². The molecule has 7 heteroatoms. The number of benzene rings is 2. The third kappa shape index (κ3) is 3.33. The van der Waals surface area contributed by atoms with Gasteiger partial charge in [-0.15, -0.1) is 0 Å². The lowest BCUT2D eigenvalue weighted by Crippen LogP contribution is -2.00. The number of pyridine rings is 1. The normalized spacial score (nSPS) is 11.0. The average Bonchev–Trinajstić information content (AvgIpc) is 2.79. The summed E-state index contributed by atoms with van der Waals surface area (Å²) in [7, 11) is 1.62. The zero-order chi connectivity index (χ0) is 20.5. The lowest BCUT2D eigenvalue weighted by atomic mass is 10.2. The smallest absolute Gasteiger partial charge is 0.336 e. The lowest BCUT2D eigenvalue weighted by Gasteiger charge is -2.12. The SMILES string of the molecule is COc1ccc2nc(-c3cccnc3)nc(Nc3ccc4ccc(=O)oc4c3)c2c1. The van der Waals surface area contributed by atoms with Crippen LogP contribution in [0.5, 0.6) is 5.75 Å². The maximum Gasteiger partial charge on any atom is 0.336 e. The van der Waals surface area contributed by atoms with Crippen molar-refractivity contribution in [1.29, 1.82) is 0 Å². The van der Waals surface area contributed by atoms with Crippen molar-refractivity contribution in [2.75, 3.05) is 12.4 Å². The van der Waals surface area contributed by atoms with Crippen LogP contribution in [-0.2, 0) is 0 Å². The summed E-state index contributed by atoms with van der Waals surface area (Å²) in [5.74, 6) is 1.86. The van der Waals surface area contributed by atoms with Crippen molar-refractivity contribution in [1.82, 2.24) is 15.0 Å². The number of aromatic nitrogens is 3. The zero-order valence-corrected chi connectivity index (χ0v) is 16.0. The van der Waals surface area contributed by atoms with Crippen molar-refractivity contribution in [3.8, 4) is 17.1 Å². The molecule has 0 fully saturated rings. The van der Waals surface area contributed by atoms with Crippen molar-refractivity contribution in [2.45, 2.75) is 0 Å². The quantitative estimate of drug-likeness (QED) is 0.446. The number of nitrogens with zero attached hydrogens (tertiary/aromatic N) is 3. The molecule has 0 radical (unpaired) electrons. The first-order valence-electron chi connectivity index (χ1n) is 9.27. The minimum atomic E-state index is -0.393. The minimum absolute atomic E-state index is 0.393. The summed E-state index contributed by atoms with van der Waals surface area (Å²) in [5.41, 5.74) is 2.41. The topological polar surface area (TPSA) is 90.1 Å². The van der Waals surface area contributed by atoms with E-state index in [0.717, 1.165) is 27.5 Å². The molecule has 0 aliphatic heterocycles. The molecule has 0 atom stereocenters. The molecule has 146 valence electrons. The number of hydrogen-bond acceptors (Lipinski definition) is 7. The predicted octanol–water partition coefficient (Wildman–Crippen LogP) is 4.55. The van der Waals surface area contributed by atoms with Crippen LogP contribution < -0.4 is 15.7 Å². The van der Waals surface area contributed by atoms with Gasteiger partial charge >= 0.3 is 5.63 Å². The van der Waals surface area contributed by atoms with Crippen LogP contribution in [0.3, 0.4) is 0 Å². The Morgan fingerprint density at radius 3 is 2.73 bits per heavy atom. The fraction of sp³-hybridized carbons (Fsp3) is 0.0435. The van der Waals surface area contributed by atoms with Gasteiger partial charge in [-0.3, -0.25) is 4.98 Å². The molecular weight excluding hydrogens is 380 g/mol. The van der Waals surface area contributed by atoms with E-state index in [1.54, 1.807) is 31.6 Å². The van der Waals surface area contributed by atoms with Gasteiger partial charge in [-0.1, -0.05) is 0 Å². The molecule has 0 aliphatic rings. The average molecular weight is 396 g/mol. The number of nitrogens with one attached hydrogen (secondary N) is 1. The summed E-state index contributed by atoms with van der Waals surface area (Å²) >= 11 is 0. The molecule has 0 amide bonds. The first-order valence-corrected chi connectivity index (χ1v) is 9.27. The Kier molecular flexibility index (Phi) is 4.33. The molecular formula is C23H16N4O3. The van der Waals surface area contributed by atoms with Crippen LogP contribution in [-0.4, -0.2) is 22.1 Å². The fourth-order valence-electron chi connectivity index (χ4n) is 3.23. The Morgan fingerprint density at radius 1 is 1.00 bits per heavy atom. The van der Waals surface area contributed by atoms with Gasteiger partial charge in [-0.05, 0) is 48.5 Å². The van der Waals surface area contributed by atoms with Gasteiger partial charge in [0.2, 0.25) is 0 Å². The summed E-state index contributed by atoms with van der Waals surface area (Å²) < 4.78 is 10.7. The van der Waals surface area contributed by atoms with Crippen LogP contribution >= 0.6 is 0 Å². The van der Waals surface area contributed by atoms with Gasteiger partial charge in [0.25, 0.3) is 0 Å². The van der Waals surface area contributed by atoms with E-state index in [9.17, 15) is 4.79 Å². The van der Waals surface area contributed by atoms with Crippen LogP contribution in [0.4, 0.5) is 11.5 Å².